The van der Waals surface area contributed by atoms with Crippen LogP contribution in [0.4, 0.5) is 0 Å². The molecular weight excluding hydrogens is 184 g/mol. The molecule has 0 aromatic rings. The smallest absolute Gasteiger partial charge is 0.313 e. The zero-order valence-electron chi connectivity index (χ0n) is 8.95. The van der Waals surface area contributed by atoms with E-state index in [1.807, 2.05) is 0 Å². The third-order valence-corrected chi connectivity index (χ3v) is 2.77. The van der Waals surface area contributed by atoms with E-state index in [2.05, 4.69) is 0 Å². The molecule has 0 saturated carbocycles. The summed E-state index contributed by atoms with van der Waals surface area (Å²) in [5, 5.41) is 9.25. The van der Waals surface area contributed by atoms with Gasteiger partial charge in [0.25, 0.3) is 0 Å². The lowest BCUT2D eigenvalue weighted by molar-refractivity contribution is -0.167. The summed E-state index contributed by atoms with van der Waals surface area (Å²) in [5.41, 5.74) is -0.630. The van der Waals surface area contributed by atoms with Crippen molar-refractivity contribution in [2.45, 2.75) is 38.9 Å². The molecule has 1 aliphatic rings. The van der Waals surface area contributed by atoms with Gasteiger partial charge in [0, 0.05) is 0 Å². The van der Waals surface area contributed by atoms with Gasteiger partial charge in [-0.25, -0.2) is 0 Å². The van der Waals surface area contributed by atoms with Crippen LogP contribution >= 0.6 is 0 Å². The fourth-order valence-electron chi connectivity index (χ4n) is 1.70. The summed E-state index contributed by atoms with van der Waals surface area (Å²) < 4.78 is 10.1. The lowest BCUT2D eigenvalue weighted by Crippen LogP contribution is -2.44. The second kappa shape index (κ2) is 4.28. The summed E-state index contributed by atoms with van der Waals surface area (Å²) >= 11 is 0. The van der Waals surface area contributed by atoms with Crippen LogP contribution in [0.5, 0.6) is 0 Å². The second-order valence-electron chi connectivity index (χ2n) is 4.27. The number of methoxy groups -OCH3 is 1. The Morgan fingerprint density at radius 2 is 2.14 bits per heavy atom. The van der Waals surface area contributed by atoms with Crippen molar-refractivity contribution < 1.29 is 19.4 Å². The Bertz CT molecular complexity index is 204. The molecule has 1 rings (SSSR count). The second-order valence-corrected chi connectivity index (χ2v) is 4.27. The summed E-state index contributed by atoms with van der Waals surface area (Å²) in [7, 11) is 1.38. The minimum atomic E-state index is -0.630. The third kappa shape index (κ3) is 2.25. The Morgan fingerprint density at radius 1 is 1.50 bits per heavy atom. The normalized spacial score (nSPS) is 28.6. The van der Waals surface area contributed by atoms with Crippen molar-refractivity contribution in [2.24, 2.45) is 5.41 Å². The first-order chi connectivity index (χ1) is 6.48. The summed E-state index contributed by atoms with van der Waals surface area (Å²) in [5.74, 6) is -0.265. The van der Waals surface area contributed by atoms with Crippen LogP contribution in [0.15, 0.2) is 0 Å². The highest BCUT2D eigenvalue weighted by molar-refractivity contribution is 5.76. The van der Waals surface area contributed by atoms with Crippen LogP contribution in [0.2, 0.25) is 0 Å². The van der Waals surface area contributed by atoms with E-state index in [1.54, 1.807) is 13.8 Å². The van der Waals surface area contributed by atoms with E-state index in [1.165, 1.54) is 7.11 Å². The van der Waals surface area contributed by atoms with E-state index in [0.29, 0.717) is 19.4 Å². The fourth-order valence-corrected chi connectivity index (χ4v) is 1.70. The Morgan fingerprint density at radius 3 is 2.57 bits per heavy atom. The molecule has 1 heterocycles. The molecule has 0 aliphatic carbocycles. The molecule has 1 saturated heterocycles. The quantitative estimate of drug-likeness (QED) is 0.670. The molecular formula is C10H18O4. The number of carbonyl (C=O) groups is 1. The van der Waals surface area contributed by atoms with Crippen LogP contribution in [-0.2, 0) is 14.3 Å². The number of rotatable bonds is 2. The summed E-state index contributed by atoms with van der Waals surface area (Å²) in [4.78, 5) is 11.4. The summed E-state index contributed by atoms with van der Waals surface area (Å²) in [6, 6.07) is 0. The zero-order valence-corrected chi connectivity index (χ0v) is 8.95. The fraction of sp³-hybridized carbons (Fsp3) is 0.900. The first kappa shape index (κ1) is 11.5. The van der Waals surface area contributed by atoms with Crippen LogP contribution in [0.25, 0.3) is 0 Å². The van der Waals surface area contributed by atoms with Gasteiger partial charge in [0.05, 0.1) is 31.3 Å². The minimum absolute atomic E-state index is 0.154. The van der Waals surface area contributed by atoms with E-state index in [-0.39, 0.29) is 18.2 Å². The van der Waals surface area contributed by atoms with E-state index < -0.39 is 5.41 Å². The van der Waals surface area contributed by atoms with Gasteiger partial charge in [-0.3, -0.25) is 4.79 Å². The number of hydrogen-bond donors (Lipinski definition) is 1. The highest BCUT2D eigenvalue weighted by atomic mass is 16.5. The van der Waals surface area contributed by atoms with Crippen molar-refractivity contribution in [3.05, 3.63) is 0 Å². The molecule has 2 atom stereocenters. The Balaban J connectivity index is 2.59. The Labute approximate surface area is 84.2 Å². The van der Waals surface area contributed by atoms with Gasteiger partial charge in [-0.15, -0.1) is 0 Å². The highest BCUT2D eigenvalue weighted by Gasteiger charge is 2.40. The number of aliphatic hydroxyl groups excluding tert-OH is 1. The monoisotopic (exact) mass is 202 g/mol. The molecule has 82 valence electrons. The molecule has 4 heteroatoms. The number of ether oxygens (including phenoxy) is 2. The molecule has 0 bridgehead atoms. The molecule has 0 amide bonds. The maximum absolute atomic E-state index is 11.4. The average molecular weight is 202 g/mol. The van der Waals surface area contributed by atoms with Crippen molar-refractivity contribution in [1.29, 1.82) is 0 Å². The van der Waals surface area contributed by atoms with E-state index in [9.17, 15) is 9.90 Å². The zero-order chi connectivity index (χ0) is 10.8. The predicted molar refractivity (Wildman–Crippen MR) is 50.8 cm³/mol. The number of hydrogen-bond acceptors (Lipinski definition) is 4. The molecule has 0 aromatic heterocycles. The van der Waals surface area contributed by atoms with Gasteiger partial charge < -0.3 is 14.6 Å². The van der Waals surface area contributed by atoms with Crippen LogP contribution in [0.3, 0.4) is 0 Å². The standard InChI is InChI=1S/C10H18O4/c1-10(2,9(12)13-3)8-5-4-7(11)6-14-8/h7-8,11H,4-6H2,1-3H3/t7-,8-/m1/s1. The van der Waals surface area contributed by atoms with Crippen molar-refractivity contribution in [3.8, 4) is 0 Å². The van der Waals surface area contributed by atoms with E-state index >= 15 is 0 Å². The number of carbonyl (C=O) groups excluding carboxylic acids is 1. The van der Waals surface area contributed by atoms with E-state index in [4.69, 9.17) is 9.47 Å². The van der Waals surface area contributed by atoms with Gasteiger partial charge in [0.1, 0.15) is 0 Å². The van der Waals surface area contributed by atoms with Crippen LogP contribution in [-0.4, -0.2) is 37.0 Å². The number of aliphatic hydroxyl groups is 1. The Hall–Kier alpha value is -0.610. The molecule has 0 aromatic carbocycles. The lowest BCUT2D eigenvalue weighted by atomic mass is 9.82. The van der Waals surface area contributed by atoms with Crippen molar-refractivity contribution in [2.75, 3.05) is 13.7 Å². The van der Waals surface area contributed by atoms with Crippen LogP contribution in [0.1, 0.15) is 26.7 Å². The molecule has 0 radical (unpaired) electrons. The van der Waals surface area contributed by atoms with Gasteiger partial charge in [-0.2, -0.15) is 0 Å². The van der Waals surface area contributed by atoms with Gasteiger partial charge in [-0.1, -0.05) is 0 Å². The number of esters is 1. The molecule has 0 unspecified atom stereocenters. The van der Waals surface area contributed by atoms with E-state index in [0.717, 1.165) is 0 Å². The molecule has 14 heavy (non-hydrogen) atoms. The van der Waals surface area contributed by atoms with Gasteiger partial charge >= 0.3 is 5.97 Å². The first-order valence-electron chi connectivity index (χ1n) is 4.86. The highest BCUT2D eigenvalue weighted by Crippen LogP contribution is 2.31. The van der Waals surface area contributed by atoms with Crippen LogP contribution in [0, 0.1) is 5.41 Å². The lowest BCUT2D eigenvalue weighted by Gasteiger charge is -2.35. The molecule has 1 aliphatic heterocycles. The van der Waals surface area contributed by atoms with Gasteiger partial charge in [0.2, 0.25) is 0 Å². The molecule has 1 N–H and O–H groups in total. The van der Waals surface area contributed by atoms with Crippen molar-refractivity contribution in [1.82, 2.24) is 0 Å². The summed E-state index contributed by atoms with van der Waals surface area (Å²) in [6.45, 7) is 3.92. The van der Waals surface area contributed by atoms with Gasteiger partial charge in [0.15, 0.2) is 0 Å². The molecule has 4 nitrogen and oxygen atoms in total. The van der Waals surface area contributed by atoms with Crippen molar-refractivity contribution in [3.63, 3.8) is 0 Å². The largest absolute Gasteiger partial charge is 0.469 e. The van der Waals surface area contributed by atoms with Crippen molar-refractivity contribution >= 4 is 5.97 Å². The predicted octanol–water partition coefficient (Wildman–Crippen LogP) is 0.725. The van der Waals surface area contributed by atoms with Crippen LogP contribution < -0.4 is 0 Å². The molecule has 1 fully saturated rings. The third-order valence-electron chi connectivity index (χ3n) is 2.77. The average Bonchev–Trinajstić information content (AvgIpc) is 2.17. The maximum atomic E-state index is 11.4. The maximum Gasteiger partial charge on any atom is 0.313 e. The summed E-state index contributed by atoms with van der Waals surface area (Å²) in [6.07, 6.45) is 0.840. The van der Waals surface area contributed by atoms with Gasteiger partial charge in [-0.05, 0) is 26.7 Å². The SMILES string of the molecule is COC(=O)C(C)(C)[C@H]1CC[C@@H](O)CO1. The topological polar surface area (TPSA) is 55.8 Å². The first-order valence-corrected chi connectivity index (χ1v) is 4.86. The minimum Gasteiger partial charge on any atom is -0.469 e. The molecule has 0 spiro atoms. The Kier molecular flexibility index (Phi) is 3.50.